The lowest BCUT2D eigenvalue weighted by atomic mass is 9.73. The van der Waals surface area contributed by atoms with Crippen molar-refractivity contribution in [3.8, 4) is 0 Å². The number of halogens is 1. The van der Waals surface area contributed by atoms with Crippen LogP contribution in [0.15, 0.2) is 42.5 Å². The fraction of sp³-hybridized carbons (Fsp3) is 0.294. The van der Waals surface area contributed by atoms with Crippen LogP contribution in [0.4, 0.5) is 4.39 Å². The minimum absolute atomic E-state index is 0.170. The molecule has 2 heteroatoms. The van der Waals surface area contributed by atoms with Gasteiger partial charge in [0.1, 0.15) is 5.82 Å². The van der Waals surface area contributed by atoms with Crippen LogP contribution in [0, 0.1) is 12.7 Å². The normalized spacial score (nSPS) is 22.1. The Kier molecular flexibility index (Phi) is 2.90. The standard InChI is InChI=1S/C17H18FN/c1-12-11-14(8-9-16(12)18)17(19)10-4-6-13-5-2-3-7-15(13)17/h2-3,5,7-9,11H,4,6,10,19H2,1H3. The predicted octanol–water partition coefficient (Wildman–Crippen LogP) is 3.67. The van der Waals surface area contributed by atoms with Gasteiger partial charge in [0.15, 0.2) is 0 Å². The van der Waals surface area contributed by atoms with E-state index in [9.17, 15) is 4.39 Å². The largest absolute Gasteiger partial charge is 0.318 e. The molecular formula is C17H18FN. The molecule has 1 unspecified atom stereocenters. The summed E-state index contributed by atoms with van der Waals surface area (Å²) in [6, 6.07) is 13.6. The van der Waals surface area contributed by atoms with E-state index < -0.39 is 5.54 Å². The highest BCUT2D eigenvalue weighted by Crippen LogP contribution is 2.38. The first-order valence-electron chi connectivity index (χ1n) is 6.75. The van der Waals surface area contributed by atoms with Crippen molar-refractivity contribution < 1.29 is 4.39 Å². The third-order valence-electron chi connectivity index (χ3n) is 4.19. The molecule has 0 fully saturated rings. The van der Waals surface area contributed by atoms with Crippen molar-refractivity contribution in [2.24, 2.45) is 5.73 Å². The summed E-state index contributed by atoms with van der Waals surface area (Å²) in [7, 11) is 0. The molecule has 2 aromatic carbocycles. The van der Waals surface area contributed by atoms with Crippen LogP contribution in [0.3, 0.4) is 0 Å². The van der Waals surface area contributed by atoms with E-state index in [1.54, 1.807) is 6.92 Å². The molecule has 0 saturated carbocycles. The highest BCUT2D eigenvalue weighted by molar-refractivity contribution is 5.45. The predicted molar refractivity (Wildman–Crippen MR) is 75.5 cm³/mol. The van der Waals surface area contributed by atoms with Crippen LogP contribution in [0.2, 0.25) is 0 Å². The van der Waals surface area contributed by atoms with E-state index in [1.807, 2.05) is 18.2 Å². The van der Waals surface area contributed by atoms with E-state index in [-0.39, 0.29) is 5.82 Å². The minimum Gasteiger partial charge on any atom is -0.318 e. The number of nitrogens with two attached hydrogens (primary N) is 1. The van der Waals surface area contributed by atoms with Crippen molar-refractivity contribution in [1.82, 2.24) is 0 Å². The van der Waals surface area contributed by atoms with Crippen molar-refractivity contribution in [3.05, 3.63) is 70.5 Å². The SMILES string of the molecule is Cc1cc(C2(N)CCCc3ccccc32)ccc1F. The zero-order chi connectivity index (χ0) is 13.5. The highest BCUT2D eigenvalue weighted by atomic mass is 19.1. The molecule has 0 aliphatic heterocycles. The molecule has 0 heterocycles. The van der Waals surface area contributed by atoms with Crippen LogP contribution < -0.4 is 5.73 Å². The van der Waals surface area contributed by atoms with E-state index in [0.717, 1.165) is 24.8 Å². The van der Waals surface area contributed by atoms with Gasteiger partial charge in [-0.3, -0.25) is 0 Å². The molecule has 1 nitrogen and oxygen atoms in total. The second-order valence-corrected chi connectivity index (χ2v) is 5.45. The molecule has 1 atom stereocenters. The Hall–Kier alpha value is -1.67. The Morgan fingerprint density at radius 1 is 1.16 bits per heavy atom. The van der Waals surface area contributed by atoms with Gasteiger partial charge in [-0.25, -0.2) is 4.39 Å². The summed E-state index contributed by atoms with van der Waals surface area (Å²) in [6.07, 6.45) is 3.06. The zero-order valence-electron chi connectivity index (χ0n) is 11.1. The molecule has 0 aromatic heterocycles. The van der Waals surface area contributed by atoms with Crippen LogP contribution >= 0.6 is 0 Å². The third-order valence-corrected chi connectivity index (χ3v) is 4.19. The summed E-state index contributed by atoms with van der Waals surface area (Å²) in [5.74, 6) is -0.170. The van der Waals surface area contributed by atoms with Crippen molar-refractivity contribution in [3.63, 3.8) is 0 Å². The molecule has 3 rings (SSSR count). The molecule has 19 heavy (non-hydrogen) atoms. The van der Waals surface area contributed by atoms with Gasteiger partial charge in [0, 0.05) is 0 Å². The van der Waals surface area contributed by atoms with Gasteiger partial charge in [0.2, 0.25) is 0 Å². The van der Waals surface area contributed by atoms with Gasteiger partial charge in [-0.05, 0) is 54.5 Å². The topological polar surface area (TPSA) is 26.0 Å². The summed E-state index contributed by atoms with van der Waals surface area (Å²) in [4.78, 5) is 0. The van der Waals surface area contributed by atoms with E-state index in [2.05, 4.69) is 18.2 Å². The number of hydrogen-bond acceptors (Lipinski definition) is 1. The zero-order valence-corrected chi connectivity index (χ0v) is 11.1. The average molecular weight is 255 g/mol. The molecule has 1 aliphatic carbocycles. The smallest absolute Gasteiger partial charge is 0.126 e. The molecule has 2 N–H and O–H groups in total. The monoisotopic (exact) mass is 255 g/mol. The summed E-state index contributed by atoms with van der Waals surface area (Å²) in [5, 5.41) is 0. The van der Waals surface area contributed by atoms with Crippen molar-refractivity contribution in [1.29, 1.82) is 0 Å². The van der Waals surface area contributed by atoms with Crippen LogP contribution in [0.25, 0.3) is 0 Å². The molecule has 0 radical (unpaired) electrons. The maximum Gasteiger partial charge on any atom is 0.126 e. The van der Waals surface area contributed by atoms with Crippen molar-refractivity contribution in [2.75, 3.05) is 0 Å². The van der Waals surface area contributed by atoms with E-state index in [1.165, 1.54) is 17.2 Å². The number of fused-ring (bicyclic) bond motifs is 1. The highest BCUT2D eigenvalue weighted by Gasteiger charge is 2.34. The fourth-order valence-corrected chi connectivity index (χ4v) is 3.09. The summed E-state index contributed by atoms with van der Waals surface area (Å²) in [6.45, 7) is 1.79. The fourth-order valence-electron chi connectivity index (χ4n) is 3.09. The molecule has 0 bridgehead atoms. The van der Waals surface area contributed by atoms with Crippen LogP contribution in [-0.2, 0) is 12.0 Å². The number of hydrogen-bond donors (Lipinski definition) is 1. The molecule has 98 valence electrons. The Bertz CT molecular complexity index is 620. The molecule has 0 amide bonds. The number of benzene rings is 2. The van der Waals surface area contributed by atoms with Gasteiger partial charge >= 0.3 is 0 Å². The van der Waals surface area contributed by atoms with Gasteiger partial charge in [0.25, 0.3) is 0 Å². The Balaban J connectivity index is 2.16. The second-order valence-electron chi connectivity index (χ2n) is 5.45. The molecule has 2 aromatic rings. The first-order chi connectivity index (χ1) is 9.11. The van der Waals surface area contributed by atoms with Gasteiger partial charge in [-0.1, -0.05) is 36.4 Å². The van der Waals surface area contributed by atoms with Gasteiger partial charge < -0.3 is 5.73 Å². The Labute approximate surface area is 113 Å². The van der Waals surface area contributed by atoms with Crippen molar-refractivity contribution >= 4 is 0 Å². The Morgan fingerprint density at radius 3 is 2.74 bits per heavy atom. The lowest BCUT2D eigenvalue weighted by Crippen LogP contribution is -2.41. The van der Waals surface area contributed by atoms with E-state index in [4.69, 9.17) is 5.73 Å². The number of rotatable bonds is 1. The third kappa shape index (κ3) is 1.96. The van der Waals surface area contributed by atoms with Crippen molar-refractivity contribution in [2.45, 2.75) is 31.7 Å². The van der Waals surface area contributed by atoms with Gasteiger partial charge in [0.05, 0.1) is 5.54 Å². The lowest BCUT2D eigenvalue weighted by molar-refractivity contribution is 0.441. The lowest BCUT2D eigenvalue weighted by Gasteiger charge is -2.36. The first-order valence-corrected chi connectivity index (χ1v) is 6.75. The quantitative estimate of drug-likeness (QED) is 0.826. The summed E-state index contributed by atoms with van der Waals surface area (Å²) in [5.41, 5.74) is 10.4. The first kappa shape index (κ1) is 12.4. The molecule has 0 spiro atoms. The van der Waals surface area contributed by atoms with Gasteiger partial charge in [-0.15, -0.1) is 0 Å². The maximum absolute atomic E-state index is 13.4. The average Bonchev–Trinajstić information content (AvgIpc) is 2.42. The number of aryl methyl sites for hydroxylation is 2. The minimum atomic E-state index is -0.479. The second kappa shape index (κ2) is 4.46. The van der Waals surface area contributed by atoms with Crippen LogP contribution in [0.1, 0.15) is 35.1 Å². The summed E-state index contributed by atoms with van der Waals surface area (Å²) < 4.78 is 13.4. The van der Waals surface area contributed by atoms with E-state index in [0.29, 0.717) is 5.56 Å². The summed E-state index contributed by atoms with van der Waals surface area (Å²) >= 11 is 0. The molecule has 0 saturated heterocycles. The molecular weight excluding hydrogens is 237 g/mol. The molecule has 1 aliphatic rings. The van der Waals surface area contributed by atoms with Crippen LogP contribution in [0.5, 0.6) is 0 Å². The maximum atomic E-state index is 13.4. The van der Waals surface area contributed by atoms with E-state index >= 15 is 0 Å². The van der Waals surface area contributed by atoms with Gasteiger partial charge in [-0.2, -0.15) is 0 Å². The Morgan fingerprint density at radius 2 is 1.95 bits per heavy atom. The van der Waals surface area contributed by atoms with Crippen LogP contribution in [-0.4, -0.2) is 0 Å².